The number of thiophene rings is 1. The van der Waals surface area contributed by atoms with Gasteiger partial charge in [-0.1, -0.05) is 6.42 Å². The molecular formula is C13H18N4S. The maximum atomic E-state index is 5.76. The molecule has 2 heterocycles. The minimum Gasteiger partial charge on any atom is -0.351 e. The molecule has 3 rings (SSSR count). The highest BCUT2D eigenvalue weighted by Gasteiger charge is 2.21. The molecular weight excluding hydrogens is 244 g/mol. The van der Waals surface area contributed by atoms with Crippen LogP contribution in [0.25, 0.3) is 10.2 Å². The second-order valence-corrected chi connectivity index (χ2v) is 5.88. The van der Waals surface area contributed by atoms with E-state index in [2.05, 4.69) is 21.4 Å². The van der Waals surface area contributed by atoms with Gasteiger partial charge in [0, 0.05) is 17.6 Å². The van der Waals surface area contributed by atoms with E-state index in [0.717, 1.165) is 29.1 Å². The highest BCUT2D eigenvalue weighted by Crippen LogP contribution is 2.26. The molecule has 18 heavy (non-hydrogen) atoms. The Hall–Kier alpha value is -1.20. The number of aromatic nitrogens is 2. The SMILES string of the molecule is NCC1CCCC(Nc2ncc3ccsc3n2)C1. The standard InChI is InChI=1S/C13H18N4S/c14-7-9-2-1-3-11(6-9)16-13-15-8-10-4-5-18-12(10)17-13/h4-5,8-9,11H,1-3,6-7,14H2,(H,15,16,17). The van der Waals surface area contributed by atoms with E-state index < -0.39 is 0 Å². The lowest BCUT2D eigenvalue weighted by molar-refractivity contribution is 0.341. The second kappa shape index (κ2) is 5.20. The molecule has 4 nitrogen and oxygen atoms in total. The Labute approximate surface area is 111 Å². The van der Waals surface area contributed by atoms with E-state index in [1.165, 1.54) is 19.3 Å². The Morgan fingerprint density at radius 1 is 1.44 bits per heavy atom. The molecule has 2 atom stereocenters. The highest BCUT2D eigenvalue weighted by molar-refractivity contribution is 7.16. The van der Waals surface area contributed by atoms with E-state index in [1.807, 2.05) is 11.6 Å². The molecule has 1 aliphatic rings. The van der Waals surface area contributed by atoms with Crippen LogP contribution < -0.4 is 11.1 Å². The number of nitrogens with one attached hydrogen (secondary N) is 1. The van der Waals surface area contributed by atoms with Crippen molar-refractivity contribution in [3.05, 3.63) is 17.6 Å². The molecule has 5 heteroatoms. The van der Waals surface area contributed by atoms with Crippen molar-refractivity contribution >= 4 is 27.5 Å². The summed E-state index contributed by atoms with van der Waals surface area (Å²) in [7, 11) is 0. The Morgan fingerprint density at radius 2 is 2.39 bits per heavy atom. The summed E-state index contributed by atoms with van der Waals surface area (Å²) < 4.78 is 0. The number of nitrogens with zero attached hydrogens (tertiary/aromatic N) is 2. The van der Waals surface area contributed by atoms with Crippen molar-refractivity contribution in [1.29, 1.82) is 0 Å². The van der Waals surface area contributed by atoms with E-state index in [1.54, 1.807) is 11.3 Å². The number of fused-ring (bicyclic) bond motifs is 1. The molecule has 0 aromatic carbocycles. The van der Waals surface area contributed by atoms with Crippen molar-refractivity contribution in [3.8, 4) is 0 Å². The summed E-state index contributed by atoms with van der Waals surface area (Å²) in [4.78, 5) is 9.98. The summed E-state index contributed by atoms with van der Waals surface area (Å²) in [6, 6.07) is 2.53. The van der Waals surface area contributed by atoms with Crippen molar-refractivity contribution in [1.82, 2.24) is 9.97 Å². The van der Waals surface area contributed by atoms with Gasteiger partial charge in [0.25, 0.3) is 0 Å². The Balaban J connectivity index is 1.71. The van der Waals surface area contributed by atoms with Gasteiger partial charge in [0.05, 0.1) is 0 Å². The van der Waals surface area contributed by atoms with Gasteiger partial charge in [0.1, 0.15) is 4.83 Å². The molecule has 96 valence electrons. The maximum absolute atomic E-state index is 5.76. The molecule has 0 aliphatic heterocycles. The predicted octanol–water partition coefficient (Wildman–Crippen LogP) is 2.62. The molecule has 0 bridgehead atoms. The van der Waals surface area contributed by atoms with Crippen LogP contribution in [-0.4, -0.2) is 22.6 Å². The van der Waals surface area contributed by atoms with Gasteiger partial charge in [-0.25, -0.2) is 9.97 Å². The van der Waals surface area contributed by atoms with E-state index in [9.17, 15) is 0 Å². The van der Waals surface area contributed by atoms with Crippen LogP contribution in [0.5, 0.6) is 0 Å². The molecule has 1 saturated carbocycles. The molecule has 2 aromatic rings. The van der Waals surface area contributed by atoms with Gasteiger partial charge in [-0.2, -0.15) is 0 Å². The van der Waals surface area contributed by atoms with Gasteiger partial charge in [-0.3, -0.25) is 0 Å². The van der Waals surface area contributed by atoms with Gasteiger partial charge >= 0.3 is 0 Å². The van der Waals surface area contributed by atoms with Crippen LogP contribution in [0.2, 0.25) is 0 Å². The van der Waals surface area contributed by atoms with Crippen molar-refractivity contribution in [3.63, 3.8) is 0 Å². The van der Waals surface area contributed by atoms with Gasteiger partial charge in [-0.05, 0) is 43.2 Å². The summed E-state index contributed by atoms with van der Waals surface area (Å²) >= 11 is 1.66. The van der Waals surface area contributed by atoms with Crippen LogP contribution in [0.15, 0.2) is 17.6 Å². The summed E-state index contributed by atoms with van der Waals surface area (Å²) in [5, 5.41) is 6.63. The molecule has 1 fully saturated rings. The molecule has 2 unspecified atom stereocenters. The van der Waals surface area contributed by atoms with Crippen molar-refractivity contribution in [2.24, 2.45) is 11.7 Å². The maximum Gasteiger partial charge on any atom is 0.224 e. The van der Waals surface area contributed by atoms with Crippen LogP contribution in [-0.2, 0) is 0 Å². The Morgan fingerprint density at radius 3 is 3.28 bits per heavy atom. The third-order valence-corrected chi connectivity index (χ3v) is 4.48. The topological polar surface area (TPSA) is 63.8 Å². The van der Waals surface area contributed by atoms with Crippen molar-refractivity contribution in [2.45, 2.75) is 31.7 Å². The lowest BCUT2D eigenvalue weighted by atomic mass is 9.86. The smallest absolute Gasteiger partial charge is 0.224 e. The van der Waals surface area contributed by atoms with Crippen LogP contribution in [0.3, 0.4) is 0 Å². The number of hydrogen-bond donors (Lipinski definition) is 2. The van der Waals surface area contributed by atoms with Crippen molar-refractivity contribution < 1.29 is 0 Å². The first-order chi connectivity index (χ1) is 8.85. The Kier molecular flexibility index (Phi) is 3.43. The average molecular weight is 262 g/mol. The minimum atomic E-state index is 0.477. The monoisotopic (exact) mass is 262 g/mol. The first kappa shape index (κ1) is 11.9. The van der Waals surface area contributed by atoms with E-state index in [4.69, 9.17) is 5.73 Å². The third kappa shape index (κ3) is 2.47. The normalized spacial score (nSPS) is 24.3. The molecule has 0 amide bonds. The van der Waals surface area contributed by atoms with Gasteiger partial charge < -0.3 is 11.1 Å². The summed E-state index contributed by atoms with van der Waals surface area (Å²) in [5.41, 5.74) is 5.76. The van der Waals surface area contributed by atoms with Crippen LogP contribution in [0, 0.1) is 5.92 Å². The van der Waals surface area contributed by atoms with Gasteiger partial charge in [-0.15, -0.1) is 11.3 Å². The van der Waals surface area contributed by atoms with Gasteiger partial charge in [0.2, 0.25) is 5.95 Å². The molecule has 0 spiro atoms. The zero-order chi connectivity index (χ0) is 12.4. The second-order valence-electron chi connectivity index (χ2n) is 4.98. The third-order valence-electron chi connectivity index (χ3n) is 3.66. The number of nitrogens with two attached hydrogens (primary N) is 1. The van der Waals surface area contributed by atoms with E-state index in [-0.39, 0.29) is 0 Å². The minimum absolute atomic E-state index is 0.477. The summed E-state index contributed by atoms with van der Waals surface area (Å²) in [6.45, 7) is 0.795. The van der Waals surface area contributed by atoms with Gasteiger partial charge in [0.15, 0.2) is 0 Å². The quantitative estimate of drug-likeness (QED) is 0.892. The fraction of sp³-hybridized carbons (Fsp3) is 0.538. The fourth-order valence-electron chi connectivity index (χ4n) is 2.64. The highest BCUT2D eigenvalue weighted by atomic mass is 32.1. The lowest BCUT2D eigenvalue weighted by Gasteiger charge is -2.28. The molecule has 1 aliphatic carbocycles. The first-order valence-corrected chi connectivity index (χ1v) is 7.40. The summed E-state index contributed by atoms with van der Waals surface area (Å²) in [6.07, 6.45) is 6.75. The van der Waals surface area contributed by atoms with Crippen LogP contribution in [0.1, 0.15) is 25.7 Å². The lowest BCUT2D eigenvalue weighted by Crippen LogP contribution is -2.31. The number of hydrogen-bond acceptors (Lipinski definition) is 5. The molecule has 2 aromatic heterocycles. The predicted molar refractivity (Wildman–Crippen MR) is 75.8 cm³/mol. The molecule has 0 radical (unpaired) electrons. The van der Waals surface area contributed by atoms with E-state index >= 15 is 0 Å². The molecule has 3 N–H and O–H groups in total. The zero-order valence-corrected chi connectivity index (χ0v) is 11.1. The zero-order valence-electron chi connectivity index (χ0n) is 10.3. The average Bonchev–Trinajstić information content (AvgIpc) is 2.86. The number of anilines is 1. The fourth-order valence-corrected chi connectivity index (χ4v) is 3.38. The summed E-state index contributed by atoms with van der Waals surface area (Å²) in [5.74, 6) is 1.41. The molecule has 0 saturated heterocycles. The first-order valence-electron chi connectivity index (χ1n) is 6.52. The van der Waals surface area contributed by atoms with Crippen LogP contribution >= 0.6 is 11.3 Å². The Bertz CT molecular complexity index is 524. The number of rotatable bonds is 3. The van der Waals surface area contributed by atoms with Crippen LogP contribution in [0.4, 0.5) is 5.95 Å². The van der Waals surface area contributed by atoms with Crippen molar-refractivity contribution in [2.75, 3.05) is 11.9 Å². The largest absolute Gasteiger partial charge is 0.351 e. The van der Waals surface area contributed by atoms with E-state index in [0.29, 0.717) is 12.0 Å².